The predicted octanol–water partition coefficient (Wildman–Crippen LogP) is 2.30. The predicted molar refractivity (Wildman–Crippen MR) is 69.5 cm³/mol. The quantitative estimate of drug-likeness (QED) is 0.683. The SMILES string of the molecule is O=c1cc(O)nc(-c2ccc3ccccc3c2)[nH]1. The van der Waals surface area contributed by atoms with Crippen LogP contribution in [0.25, 0.3) is 22.2 Å². The summed E-state index contributed by atoms with van der Waals surface area (Å²) >= 11 is 0. The first kappa shape index (κ1) is 10.5. The Labute approximate surface area is 103 Å². The molecule has 0 saturated carbocycles. The number of fused-ring (bicyclic) bond motifs is 1. The Morgan fingerprint density at radius 3 is 2.56 bits per heavy atom. The van der Waals surface area contributed by atoms with Gasteiger partial charge in [-0.1, -0.05) is 36.4 Å². The molecule has 18 heavy (non-hydrogen) atoms. The minimum Gasteiger partial charge on any atom is -0.493 e. The van der Waals surface area contributed by atoms with Gasteiger partial charge in [0.2, 0.25) is 5.88 Å². The summed E-state index contributed by atoms with van der Waals surface area (Å²) in [6, 6.07) is 14.7. The molecular weight excluding hydrogens is 228 g/mol. The van der Waals surface area contributed by atoms with Gasteiger partial charge < -0.3 is 10.1 Å². The third-order valence-electron chi connectivity index (χ3n) is 2.75. The molecule has 4 nitrogen and oxygen atoms in total. The number of nitrogens with zero attached hydrogens (tertiary/aromatic N) is 1. The van der Waals surface area contributed by atoms with Crippen molar-refractivity contribution in [1.82, 2.24) is 9.97 Å². The molecule has 0 aliphatic rings. The Morgan fingerprint density at radius 2 is 1.78 bits per heavy atom. The van der Waals surface area contributed by atoms with E-state index in [-0.39, 0.29) is 11.4 Å². The molecule has 3 rings (SSSR count). The molecule has 0 aliphatic carbocycles. The van der Waals surface area contributed by atoms with E-state index in [2.05, 4.69) is 9.97 Å². The monoisotopic (exact) mass is 238 g/mol. The first-order valence-electron chi connectivity index (χ1n) is 5.52. The van der Waals surface area contributed by atoms with Crippen molar-refractivity contribution >= 4 is 10.8 Å². The van der Waals surface area contributed by atoms with E-state index in [9.17, 15) is 9.90 Å². The Morgan fingerprint density at radius 1 is 1.00 bits per heavy atom. The number of aromatic hydroxyl groups is 1. The Kier molecular flexibility index (Phi) is 2.34. The van der Waals surface area contributed by atoms with Gasteiger partial charge in [0.1, 0.15) is 5.82 Å². The Bertz CT molecular complexity index is 778. The van der Waals surface area contributed by atoms with Crippen LogP contribution in [0.5, 0.6) is 5.88 Å². The van der Waals surface area contributed by atoms with Crippen molar-refractivity contribution in [3.8, 4) is 17.3 Å². The van der Waals surface area contributed by atoms with E-state index in [1.807, 2.05) is 42.5 Å². The Hall–Kier alpha value is -2.62. The highest BCUT2D eigenvalue weighted by Gasteiger charge is 2.04. The normalized spacial score (nSPS) is 10.7. The largest absolute Gasteiger partial charge is 0.493 e. The first-order valence-corrected chi connectivity index (χ1v) is 5.52. The van der Waals surface area contributed by atoms with Gasteiger partial charge in [-0.25, -0.2) is 0 Å². The summed E-state index contributed by atoms with van der Waals surface area (Å²) in [6.45, 7) is 0. The van der Waals surface area contributed by atoms with Gasteiger partial charge in [-0.05, 0) is 16.8 Å². The molecule has 0 amide bonds. The fourth-order valence-electron chi connectivity index (χ4n) is 1.92. The number of hydrogen-bond acceptors (Lipinski definition) is 3. The van der Waals surface area contributed by atoms with Crippen LogP contribution in [-0.4, -0.2) is 15.1 Å². The third kappa shape index (κ3) is 1.84. The molecule has 0 bridgehead atoms. The third-order valence-corrected chi connectivity index (χ3v) is 2.75. The van der Waals surface area contributed by atoms with E-state index in [0.29, 0.717) is 5.82 Å². The number of rotatable bonds is 1. The number of H-pyrrole nitrogens is 1. The van der Waals surface area contributed by atoms with E-state index in [4.69, 9.17) is 0 Å². The van der Waals surface area contributed by atoms with Crippen LogP contribution >= 0.6 is 0 Å². The molecule has 1 aromatic heterocycles. The van der Waals surface area contributed by atoms with Crippen molar-refractivity contribution in [2.45, 2.75) is 0 Å². The van der Waals surface area contributed by atoms with Crippen LogP contribution in [0.15, 0.2) is 53.3 Å². The molecule has 4 heteroatoms. The topological polar surface area (TPSA) is 66.0 Å². The lowest BCUT2D eigenvalue weighted by atomic mass is 10.1. The molecular formula is C14H10N2O2. The van der Waals surface area contributed by atoms with Crippen molar-refractivity contribution in [2.24, 2.45) is 0 Å². The van der Waals surface area contributed by atoms with Gasteiger partial charge in [0.05, 0.1) is 6.07 Å². The van der Waals surface area contributed by atoms with Gasteiger partial charge in [-0.2, -0.15) is 4.98 Å². The summed E-state index contributed by atoms with van der Waals surface area (Å²) in [5.74, 6) is 0.0904. The standard InChI is InChI=1S/C14H10N2O2/c17-12-8-13(18)16-14(15-12)11-6-5-9-3-1-2-4-10(9)7-11/h1-8H,(H2,15,16,17,18). The fourth-order valence-corrected chi connectivity index (χ4v) is 1.92. The average molecular weight is 238 g/mol. The summed E-state index contributed by atoms with van der Waals surface area (Å²) in [7, 11) is 0. The molecule has 88 valence electrons. The van der Waals surface area contributed by atoms with E-state index in [0.717, 1.165) is 22.4 Å². The lowest BCUT2D eigenvalue weighted by Gasteiger charge is -2.03. The highest BCUT2D eigenvalue weighted by molar-refractivity contribution is 5.86. The Balaban J connectivity index is 2.22. The number of aromatic nitrogens is 2. The van der Waals surface area contributed by atoms with Crippen molar-refractivity contribution in [2.75, 3.05) is 0 Å². The maximum atomic E-state index is 11.3. The summed E-state index contributed by atoms with van der Waals surface area (Å²) in [5, 5.41) is 11.5. The van der Waals surface area contributed by atoms with E-state index >= 15 is 0 Å². The highest BCUT2D eigenvalue weighted by atomic mass is 16.3. The van der Waals surface area contributed by atoms with Crippen LogP contribution in [0.3, 0.4) is 0 Å². The van der Waals surface area contributed by atoms with Crippen LogP contribution in [0.4, 0.5) is 0 Å². The number of benzene rings is 2. The number of aromatic amines is 1. The van der Waals surface area contributed by atoms with Gasteiger partial charge in [0.15, 0.2) is 0 Å². The molecule has 0 spiro atoms. The summed E-state index contributed by atoms with van der Waals surface area (Å²) in [6.07, 6.45) is 0. The van der Waals surface area contributed by atoms with Gasteiger partial charge in [-0.3, -0.25) is 4.79 Å². The molecule has 1 heterocycles. The van der Waals surface area contributed by atoms with Gasteiger partial charge in [0.25, 0.3) is 5.56 Å². The molecule has 0 unspecified atom stereocenters. The summed E-state index contributed by atoms with van der Waals surface area (Å²) < 4.78 is 0. The van der Waals surface area contributed by atoms with Crippen LogP contribution in [0, 0.1) is 0 Å². The van der Waals surface area contributed by atoms with E-state index in [1.165, 1.54) is 0 Å². The van der Waals surface area contributed by atoms with Crippen molar-refractivity contribution in [3.05, 3.63) is 58.9 Å². The van der Waals surface area contributed by atoms with Gasteiger partial charge in [-0.15, -0.1) is 0 Å². The number of nitrogens with one attached hydrogen (secondary N) is 1. The lowest BCUT2D eigenvalue weighted by Crippen LogP contribution is -2.06. The van der Waals surface area contributed by atoms with E-state index in [1.54, 1.807) is 0 Å². The molecule has 2 N–H and O–H groups in total. The molecule has 3 aromatic rings. The average Bonchev–Trinajstić information content (AvgIpc) is 2.37. The molecule has 0 saturated heterocycles. The van der Waals surface area contributed by atoms with Crippen LogP contribution < -0.4 is 5.56 Å². The smallest absolute Gasteiger partial charge is 0.254 e. The highest BCUT2D eigenvalue weighted by Crippen LogP contribution is 2.21. The molecule has 0 atom stereocenters. The second-order valence-corrected chi connectivity index (χ2v) is 4.01. The van der Waals surface area contributed by atoms with Gasteiger partial charge >= 0.3 is 0 Å². The first-order chi connectivity index (χ1) is 8.72. The maximum absolute atomic E-state index is 11.3. The zero-order valence-corrected chi connectivity index (χ0v) is 9.42. The lowest BCUT2D eigenvalue weighted by molar-refractivity contribution is 0.452. The number of hydrogen-bond donors (Lipinski definition) is 2. The summed E-state index contributed by atoms with van der Waals surface area (Å²) in [5.41, 5.74) is 0.396. The summed E-state index contributed by atoms with van der Waals surface area (Å²) in [4.78, 5) is 17.8. The van der Waals surface area contributed by atoms with Crippen molar-refractivity contribution < 1.29 is 5.11 Å². The van der Waals surface area contributed by atoms with Crippen LogP contribution in [-0.2, 0) is 0 Å². The zero-order chi connectivity index (χ0) is 12.5. The van der Waals surface area contributed by atoms with Crippen molar-refractivity contribution in [3.63, 3.8) is 0 Å². The molecule has 0 aliphatic heterocycles. The van der Waals surface area contributed by atoms with Crippen LogP contribution in [0.1, 0.15) is 0 Å². The zero-order valence-electron chi connectivity index (χ0n) is 9.42. The van der Waals surface area contributed by atoms with E-state index < -0.39 is 0 Å². The minimum atomic E-state index is -0.370. The molecule has 0 fully saturated rings. The fraction of sp³-hybridized carbons (Fsp3) is 0. The second kappa shape index (κ2) is 4.00. The second-order valence-electron chi connectivity index (χ2n) is 4.01. The van der Waals surface area contributed by atoms with Crippen LogP contribution in [0.2, 0.25) is 0 Å². The minimum absolute atomic E-state index is 0.276. The molecule has 0 radical (unpaired) electrons. The van der Waals surface area contributed by atoms with Gasteiger partial charge in [0, 0.05) is 5.56 Å². The molecule has 2 aromatic carbocycles. The maximum Gasteiger partial charge on any atom is 0.254 e. The van der Waals surface area contributed by atoms with Crippen molar-refractivity contribution in [1.29, 1.82) is 0 Å².